The maximum Gasteiger partial charge on any atom is 0.293 e. The summed E-state index contributed by atoms with van der Waals surface area (Å²) >= 11 is 4.92. The topological polar surface area (TPSA) is 55.2 Å². The van der Waals surface area contributed by atoms with Gasteiger partial charge in [0.25, 0.3) is 5.69 Å². The Balaban J connectivity index is 2.18. The van der Waals surface area contributed by atoms with Crippen LogP contribution in [0, 0.1) is 10.1 Å². The number of benzene rings is 1. The zero-order chi connectivity index (χ0) is 13.8. The summed E-state index contributed by atoms with van der Waals surface area (Å²) in [5.74, 6) is 0. The Kier molecular flexibility index (Phi) is 4.55. The summed E-state index contributed by atoms with van der Waals surface area (Å²) in [7, 11) is 0. The lowest BCUT2D eigenvalue weighted by atomic mass is 10.2. The molecule has 2 aromatic rings. The van der Waals surface area contributed by atoms with Crippen molar-refractivity contribution in [1.29, 1.82) is 0 Å². The van der Waals surface area contributed by atoms with E-state index in [1.165, 1.54) is 16.5 Å². The molecule has 0 aliphatic rings. The van der Waals surface area contributed by atoms with Crippen molar-refractivity contribution in [3.8, 4) is 0 Å². The minimum atomic E-state index is -0.373. The molecule has 1 N–H and O–H groups in total. The highest BCUT2D eigenvalue weighted by Crippen LogP contribution is 2.29. The molecule has 1 aromatic carbocycles. The quantitative estimate of drug-likeness (QED) is 0.639. The van der Waals surface area contributed by atoms with Crippen LogP contribution in [0.1, 0.15) is 17.4 Å². The molecule has 2 rings (SSSR count). The third-order valence-corrected chi connectivity index (χ3v) is 4.27. The second kappa shape index (κ2) is 6.16. The largest absolute Gasteiger partial charge is 0.375 e. The van der Waals surface area contributed by atoms with Gasteiger partial charge in [-0.25, -0.2) is 0 Å². The molecule has 0 unspecified atom stereocenters. The van der Waals surface area contributed by atoms with Crippen LogP contribution in [-0.4, -0.2) is 4.92 Å². The minimum Gasteiger partial charge on any atom is -0.375 e. The summed E-state index contributed by atoms with van der Waals surface area (Å²) in [5.41, 5.74) is 1.92. The van der Waals surface area contributed by atoms with Gasteiger partial charge in [-0.3, -0.25) is 10.1 Å². The van der Waals surface area contributed by atoms with Crippen molar-refractivity contribution < 1.29 is 4.92 Å². The molecule has 6 heteroatoms. The number of nitrogens with zero attached hydrogens (tertiary/aromatic N) is 1. The SMILES string of the molecule is CCc1ccsc1CNc1ccc(Br)cc1[N+](=O)[O-]. The van der Waals surface area contributed by atoms with E-state index in [1.807, 2.05) is 5.38 Å². The fraction of sp³-hybridized carbons (Fsp3) is 0.231. The van der Waals surface area contributed by atoms with Crippen LogP contribution in [0.25, 0.3) is 0 Å². The maximum atomic E-state index is 11.0. The number of nitro benzene ring substituents is 1. The van der Waals surface area contributed by atoms with Gasteiger partial charge >= 0.3 is 0 Å². The Bertz CT molecular complexity index is 598. The number of nitrogens with one attached hydrogen (secondary N) is 1. The van der Waals surface area contributed by atoms with Gasteiger partial charge in [0.2, 0.25) is 0 Å². The Morgan fingerprint density at radius 2 is 2.21 bits per heavy atom. The van der Waals surface area contributed by atoms with Gasteiger partial charge in [0, 0.05) is 22.0 Å². The summed E-state index contributed by atoms with van der Waals surface area (Å²) in [6, 6.07) is 7.13. The molecule has 4 nitrogen and oxygen atoms in total. The number of anilines is 1. The van der Waals surface area contributed by atoms with E-state index in [0.717, 1.165) is 6.42 Å². The van der Waals surface area contributed by atoms with Gasteiger partial charge in [0.05, 0.1) is 4.92 Å². The first-order chi connectivity index (χ1) is 9.11. The molecular weight excluding hydrogens is 328 g/mol. The normalized spacial score (nSPS) is 10.4. The smallest absolute Gasteiger partial charge is 0.293 e. The standard InChI is InChI=1S/C13H13BrN2O2S/c1-2-9-5-6-19-13(9)8-15-11-4-3-10(14)7-12(11)16(17)18/h3-7,15H,2,8H2,1H3. The molecule has 0 atom stereocenters. The van der Waals surface area contributed by atoms with Gasteiger partial charge in [0.15, 0.2) is 0 Å². The first-order valence-corrected chi connectivity index (χ1v) is 7.52. The summed E-state index contributed by atoms with van der Waals surface area (Å²) in [6.07, 6.45) is 0.975. The molecule has 19 heavy (non-hydrogen) atoms. The average molecular weight is 341 g/mol. The van der Waals surface area contributed by atoms with E-state index in [9.17, 15) is 10.1 Å². The van der Waals surface area contributed by atoms with Crippen LogP contribution < -0.4 is 5.32 Å². The Morgan fingerprint density at radius 1 is 1.42 bits per heavy atom. The van der Waals surface area contributed by atoms with E-state index in [-0.39, 0.29) is 10.6 Å². The maximum absolute atomic E-state index is 11.0. The zero-order valence-corrected chi connectivity index (χ0v) is 12.8. The summed E-state index contributed by atoms with van der Waals surface area (Å²) in [4.78, 5) is 11.9. The Labute approximate surface area is 123 Å². The van der Waals surface area contributed by atoms with E-state index in [4.69, 9.17) is 0 Å². The molecule has 0 saturated carbocycles. The van der Waals surface area contributed by atoms with Crippen molar-refractivity contribution in [2.24, 2.45) is 0 Å². The summed E-state index contributed by atoms with van der Waals surface area (Å²) < 4.78 is 0.704. The molecule has 0 aliphatic carbocycles. The highest BCUT2D eigenvalue weighted by atomic mass is 79.9. The summed E-state index contributed by atoms with van der Waals surface area (Å²) in [6.45, 7) is 2.72. The van der Waals surface area contributed by atoms with Crippen molar-refractivity contribution in [3.63, 3.8) is 0 Å². The van der Waals surface area contributed by atoms with Crippen molar-refractivity contribution in [3.05, 3.63) is 54.7 Å². The number of halogens is 1. The average Bonchev–Trinajstić information content (AvgIpc) is 2.84. The van der Waals surface area contributed by atoms with Crippen LogP contribution in [0.15, 0.2) is 34.1 Å². The van der Waals surface area contributed by atoms with Gasteiger partial charge in [-0.15, -0.1) is 11.3 Å². The predicted octanol–water partition coefficient (Wildman–Crippen LogP) is 4.59. The lowest BCUT2D eigenvalue weighted by Crippen LogP contribution is -2.02. The number of hydrogen-bond donors (Lipinski definition) is 1. The minimum absolute atomic E-state index is 0.0870. The van der Waals surface area contributed by atoms with Gasteiger partial charge < -0.3 is 5.32 Å². The van der Waals surface area contributed by atoms with Crippen molar-refractivity contribution in [2.45, 2.75) is 19.9 Å². The zero-order valence-electron chi connectivity index (χ0n) is 10.4. The van der Waals surface area contributed by atoms with E-state index in [0.29, 0.717) is 16.7 Å². The molecule has 0 bridgehead atoms. The monoisotopic (exact) mass is 340 g/mol. The highest BCUT2D eigenvalue weighted by molar-refractivity contribution is 9.10. The number of hydrogen-bond acceptors (Lipinski definition) is 4. The molecule has 0 fully saturated rings. The first-order valence-electron chi connectivity index (χ1n) is 5.85. The van der Waals surface area contributed by atoms with E-state index >= 15 is 0 Å². The van der Waals surface area contributed by atoms with Crippen LogP contribution in [0.2, 0.25) is 0 Å². The van der Waals surface area contributed by atoms with E-state index in [2.05, 4.69) is 34.2 Å². The molecule has 0 aliphatic heterocycles. The fourth-order valence-corrected chi connectivity index (χ4v) is 3.08. The fourth-order valence-electron chi connectivity index (χ4n) is 1.82. The van der Waals surface area contributed by atoms with Gasteiger partial charge in [0.1, 0.15) is 5.69 Å². The van der Waals surface area contributed by atoms with Crippen LogP contribution in [0.3, 0.4) is 0 Å². The molecule has 0 radical (unpaired) electrons. The molecule has 1 aromatic heterocycles. The lowest BCUT2D eigenvalue weighted by Gasteiger charge is -2.07. The van der Waals surface area contributed by atoms with Gasteiger partial charge in [-0.1, -0.05) is 22.9 Å². The lowest BCUT2D eigenvalue weighted by molar-refractivity contribution is -0.384. The van der Waals surface area contributed by atoms with Crippen molar-refractivity contribution in [1.82, 2.24) is 0 Å². The third-order valence-electron chi connectivity index (χ3n) is 2.81. The molecular formula is C13H13BrN2O2S. The van der Waals surface area contributed by atoms with Crippen molar-refractivity contribution >= 4 is 38.6 Å². The van der Waals surface area contributed by atoms with Gasteiger partial charge in [-0.2, -0.15) is 0 Å². The molecule has 1 heterocycles. The molecule has 0 saturated heterocycles. The third kappa shape index (κ3) is 3.33. The molecule has 0 spiro atoms. The summed E-state index contributed by atoms with van der Waals surface area (Å²) in [5, 5.41) is 16.2. The molecule has 0 amide bonds. The second-order valence-corrected chi connectivity index (χ2v) is 5.91. The second-order valence-electron chi connectivity index (χ2n) is 3.99. The van der Waals surface area contributed by atoms with E-state index < -0.39 is 0 Å². The first kappa shape index (κ1) is 14.0. The Hall–Kier alpha value is -1.40. The van der Waals surface area contributed by atoms with Crippen LogP contribution in [0.4, 0.5) is 11.4 Å². The molecule has 100 valence electrons. The van der Waals surface area contributed by atoms with E-state index in [1.54, 1.807) is 23.5 Å². The van der Waals surface area contributed by atoms with Crippen LogP contribution in [-0.2, 0) is 13.0 Å². The van der Waals surface area contributed by atoms with Crippen molar-refractivity contribution in [2.75, 3.05) is 5.32 Å². The number of nitro groups is 1. The van der Waals surface area contributed by atoms with Crippen LogP contribution >= 0.6 is 27.3 Å². The Morgan fingerprint density at radius 3 is 2.89 bits per heavy atom. The highest BCUT2D eigenvalue weighted by Gasteiger charge is 2.14. The predicted molar refractivity (Wildman–Crippen MR) is 81.8 cm³/mol. The van der Waals surface area contributed by atoms with Gasteiger partial charge in [-0.05, 0) is 35.6 Å². The number of thiophene rings is 1. The number of rotatable bonds is 5. The number of aryl methyl sites for hydroxylation is 1. The van der Waals surface area contributed by atoms with Crippen LogP contribution in [0.5, 0.6) is 0 Å².